The zero-order chi connectivity index (χ0) is 12.3. The Morgan fingerprint density at radius 2 is 2.00 bits per heavy atom. The van der Waals surface area contributed by atoms with Gasteiger partial charge in [-0.05, 0) is 18.9 Å². The highest BCUT2D eigenvalue weighted by molar-refractivity contribution is 5.32. The molecule has 0 saturated heterocycles. The third-order valence-electron chi connectivity index (χ3n) is 2.37. The Hall–Kier alpha value is -1.32. The van der Waals surface area contributed by atoms with E-state index < -0.39 is 0 Å². The number of nitrogens with two attached hydrogens (primary N) is 1. The molecule has 94 valence electrons. The molecule has 0 aliphatic carbocycles. The van der Waals surface area contributed by atoms with Gasteiger partial charge in [-0.15, -0.1) is 6.58 Å². The number of benzene rings is 1. The molecule has 0 spiro atoms. The van der Waals surface area contributed by atoms with Crippen molar-refractivity contribution < 1.29 is 9.47 Å². The van der Waals surface area contributed by atoms with Crippen LogP contribution in [0.4, 0.5) is 0 Å². The Morgan fingerprint density at radius 1 is 1.18 bits per heavy atom. The lowest BCUT2D eigenvalue weighted by Gasteiger charge is -2.10. The van der Waals surface area contributed by atoms with Crippen LogP contribution in [0.5, 0.6) is 5.75 Å². The molecular formula is C14H21NO2. The SMILES string of the molecule is C=CCCCOCCOc1ccccc1CN. The molecule has 0 aliphatic rings. The van der Waals surface area contributed by atoms with Crippen molar-refractivity contribution in [2.45, 2.75) is 19.4 Å². The molecule has 3 heteroatoms. The minimum atomic E-state index is 0.496. The van der Waals surface area contributed by atoms with Crippen molar-refractivity contribution in [3.8, 4) is 5.75 Å². The van der Waals surface area contributed by atoms with Gasteiger partial charge < -0.3 is 15.2 Å². The third kappa shape index (κ3) is 5.52. The van der Waals surface area contributed by atoms with Crippen molar-refractivity contribution in [2.75, 3.05) is 19.8 Å². The molecule has 1 aromatic carbocycles. The lowest BCUT2D eigenvalue weighted by atomic mass is 10.2. The number of hydrogen-bond donors (Lipinski definition) is 1. The first-order valence-electron chi connectivity index (χ1n) is 5.98. The molecule has 0 atom stereocenters. The van der Waals surface area contributed by atoms with E-state index in [1.807, 2.05) is 30.3 Å². The minimum Gasteiger partial charge on any atom is -0.491 e. The van der Waals surface area contributed by atoms with Gasteiger partial charge in [0.15, 0.2) is 0 Å². The standard InChI is InChI=1S/C14H21NO2/c1-2-3-6-9-16-10-11-17-14-8-5-4-7-13(14)12-15/h2,4-5,7-8H,1,3,6,9-12,15H2. The van der Waals surface area contributed by atoms with E-state index in [4.69, 9.17) is 15.2 Å². The number of unbranched alkanes of at least 4 members (excludes halogenated alkanes) is 1. The van der Waals surface area contributed by atoms with E-state index in [2.05, 4.69) is 6.58 Å². The van der Waals surface area contributed by atoms with Gasteiger partial charge in [0.25, 0.3) is 0 Å². The summed E-state index contributed by atoms with van der Waals surface area (Å²) in [7, 11) is 0. The largest absolute Gasteiger partial charge is 0.491 e. The molecule has 1 aromatic rings. The normalized spacial score (nSPS) is 10.2. The molecule has 0 radical (unpaired) electrons. The smallest absolute Gasteiger partial charge is 0.123 e. The predicted octanol–water partition coefficient (Wildman–Crippen LogP) is 2.51. The van der Waals surface area contributed by atoms with Crippen molar-refractivity contribution >= 4 is 0 Å². The Kier molecular flexibility index (Phi) is 7.11. The second kappa shape index (κ2) is 8.79. The first-order chi connectivity index (χ1) is 8.38. The summed E-state index contributed by atoms with van der Waals surface area (Å²) in [5.74, 6) is 0.852. The van der Waals surface area contributed by atoms with Gasteiger partial charge in [0, 0.05) is 18.7 Å². The van der Waals surface area contributed by atoms with Crippen LogP contribution in [0.1, 0.15) is 18.4 Å². The van der Waals surface area contributed by atoms with Crippen molar-refractivity contribution in [1.29, 1.82) is 0 Å². The van der Waals surface area contributed by atoms with E-state index in [-0.39, 0.29) is 0 Å². The van der Waals surface area contributed by atoms with Gasteiger partial charge in [-0.2, -0.15) is 0 Å². The number of rotatable bonds is 9. The predicted molar refractivity (Wildman–Crippen MR) is 70.1 cm³/mol. The highest BCUT2D eigenvalue weighted by Gasteiger charge is 1.99. The Labute approximate surface area is 103 Å². The molecule has 0 aliphatic heterocycles. The van der Waals surface area contributed by atoms with Crippen LogP contribution in [0.3, 0.4) is 0 Å². The molecule has 0 bridgehead atoms. The van der Waals surface area contributed by atoms with Crippen LogP contribution < -0.4 is 10.5 Å². The molecular weight excluding hydrogens is 214 g/mol. The summed E-state index contributed by atoms with van der Waals surface area (Å²) < 4.78 is 11.0. The molecule has 0 fully saturated rings. The second-order valence-electron chi connectivity index (χ2n) is 3.70. The topological polar surface area (TPSA) is 44.5 Å². The van der Waals surface area contributed by atoms with Gasteiger partial charge in [0.2, 0.25) is 0 Å². The van der Waals surface area contributed by atoms with Crippen LogP contribution in [0.2, 0.25) is 0 Å². The number of ether oxygens (including phenoxy) is 2. The number of allylic oxidation sites excluding steroid dienone is 1. The second-order valence-corrected chi connectivity index (χ2v) is 3.70. The van der Waals surface area contributed by atoms with E-state index in [0.29, 0.717) is 19.8 Å². The summed E-state index contributed by atoms with van der Waals surface area (Å²) in [5.41, 5.74) is 6.64. The van der Waals surface area contributed by atoms with E-state index in [0.717, 1.165) is 30.8 Å². The Morgan fingerprint density at radius 3 is 2.76 bits per heavy atom. The summed E-state index contributed by atoms with van der Waals surface area (Å²) in [6.07, 6.45) is 3.91. The van der Waals surface area contributed by atoms with Crippen molar-refractivity contribution in [3.05, 3.63) is 42.5 Å². The van der Waals surface area contributed by atoms with E-state index in [1.165, 1.54) is 0 Å². The lowest BCUT2D eigenvalue weighted by Crippen LogP contribution is -2.09. The van der Waals surface area contributed by atoms with Crippen LogP contribution in [0.25, 0.3) is 0 Å². The van der Waals surface area contributed by atoms with Crippen LogP contribution in [-0.2, 0) is 11.3 Å². The van der Waals surface area contributed by atoms with Crippen LogP contribution in [-0.4, -0.2) is 19.8 Å². The maximum atomic E-state index is 5.62. The maximum absolute atomic E-state index is 5.62. The van der Waals surface area contributed by atoms with Gasteiger partial charge in [0.1, 0.15) is 12.4 Å². The summed E-state index contributed by atoms with van der Waals surface area (Å²) in [4.78, 5) is 0. The van der Waals surface area contributed by atoms with E-state index in [1.54, 1.807) is 0 Å². The first kappa shape index (κ1) is 13.7. The van der Waals surface area contributed by atoms with Gasteiger partial charge in [0.05, 0.1) is 6.61 Å². The molecule has 17 heavy (non-hydrogen) atoms. The first-order valence-corrected chi connectivity index (χ1v) is 5.98. The molecule has 3 nitrogen and oxygen atoms in total. The quantitative estimate of drug-likeness (QED) is 0.528. The molecule has 0 saturated carbocycles. The molecule has 0 heterocycles. The average Bonchev–Trinajstić information content (AvgIpc) is 2.38. The van der Waals surface area contributed by atoms with Crippen LogP contribution >= 0.6 is 0 Å². The third-order valence-corrected chi connectivity index (χ3v) is 2.37. The summed E-state index contributed by atoms with van der Waals surface area (Å²) >= 11 is 0. The monoisotopic (exact) mass is 235 g/mol. The number of para-hydroxylation sites is 1. The molecule has 1 rings (SSSR count). The maximum Gasteiger partial charge on any atom is 0.123 e. The summed E-state index contributed by atoms with van der Waals surface area (Å²) in [5, 5.41) is 0. The molecule has 2 N–H and O–H groups in total. The van der Waals surface area contributed by atoms with E-state index >= 15 is 0 Å². The summed E-state index contributed by atoms with van der Waals surface area (Å²) in [6, 6.07) is 7.81. The Balaban J connectivity index is 2.15. The zero-order valence-electron chi connectivity index (χ0n) is 10.2. The van der Waals surface area contributed by atoms with E-state index in [9.17, 15) is 0 Å². The minimum absolute atomic E-state index is 0.496. The molecule has 0 aromatic heterocycles. The summed E-state index contributed by atoms with van der Waals surface area (Å²) in [6.45, 7) is 6.08. The zero-order valence-corrected chi connectivity index (χ0v) is 10.2. The Bertz CT molecular complexity index is 326. The number of hydrogen-bond acceptors (Lipinski definition) is 3. The lowest BCUT2D eigenvalue weighted by molar-refractivity contribution is 0.0985. The van der Waals surface area contributed by atoms with Crippen molar-refractivity contribution in [3.63, 3.8) is 0 Å². The molecule has 0 unspecified atom stereocenters. The van der Waals surface area contributed by atoms with Crippen LogP contribution in [0.15, 0.2) is 36.9 Å². The molecule has 0 amide bonds. The van der Waals surface area contributed by atoms with Gasteiger partial charge in [-0.3, -0.25) is 0 Å². The highest BCUT2D eigenvalue weighted by atomic mass is 16.5. The fraction of sp³-hybridized carbons (Fsp3) is 0.429. The van der Waals surface area contributed by atoms with Gasteiger partial charge in [-0.1, -0.05) is 24.3 Å². The van der Waals surface area contributed by atoms with Crippen molar-refractivity contribution in [2.24, 2.45) is 5.73 Å². The van der Waals surface area contributed by atoms with Crippen LogP contribution in [0, 0.1) is 0 Å². The van der Waals surface area contributed by atoms with Crippen molar-refractivity contribution in [1.82, 2.24) is 0 Å². The fourth-order valence-electron chi connectivity index (χ4n) is 1.46. The van der Waals surface area contributed by atoms with Gasteiger partial charge >= 0.3 is 0 Å². The average molecular weight is 235 g/mol. The van der Waals surface area contributed by atoms with Gasteiger partial charge in [-0.25, -0.2) is 0 Å². The highest BCUT2D eigenvalue weighted by Crippen LogP contribution is 2.16. The fourth-order valence-corrected chi connectivity index (χ4v) is 1.46.